The molecule has 1 amide bonds. The van der Waals surface area contributed by atoms with Crippen molar-refractivity contribution in [2.45, 2.75) is 25.9 Å². The lowest BCUT2D eigenvalue weighted by atomic mass is 10.1. The molecule has 0 radical (unpaired) electrons. The summed E-state index contributed by atoms with van der Waals surface area (Å²) < 4.78 is 39.4. The predicted octanol–water partition coefficient (Wildman–Crippen LogP) is 6.02. The van der Waals surface area contributed by atoms with Crippen LogP contribution in [0.3, 0.4) is 0 Å². The number of hydrogen-bond donors (Lipinski definition) is 0. The molecule has 0 bridgehead atoms. The van der Waals surface area contributed by atoms with Crippen LogP contribution in [0.1, 0.15) is 29.5 Å². The first-order valence-corrected chi connectivity index (χ1v) is 10.8. The summed E-state index contributed by atoms with van der Waals surface area (Å²) in [6, 6.07) is 10.8. The van der Waals surface area contributed by atoms with Gasteiger partial charge < -0.3 is 4.90 Å². The average Bonchev–Trinajstić information content (AvgIpc) is 3.32. The molecule has 2 aliphatic heterocycles. The molecular formula is C22H19F3N2OS2. The molecule has 0 saturated carbocycles. The number of alkyl halides is 3. The van der Waals surface area contributed by atoms with Crippen molar-refractivity contribution in [3.63, 3.8) is 0 Å². The first-order chi connectivity index (χ1) is 14.2. The van der Waals surface area contributed by atoms with Crippen molar-refractivity contribution in [3.05, 3.63) is 64.1 Å². The zero-order valence-corrected chi connectivity index (χ0v) is 17.8. The van der Waals surface area contributed by atoms with Crippen LogP contribution in [-0.2, 0) is 11.0 Å². The monoisotopic (exact) mass is 448 g/mol. The molecule has 156 valence electrons. The van der Waals surface area contributed by atoms with Crippen LogP contribution in [0.25, 0.3) is 6.08 Å². The highest BCUT2D eigenvalue weighted by molar-refractivity contribution is 8.27. The minimum atomic E-state index is -4.49. The Labute approximate surface area is 182 Å². The third-order valence-electron chi connectivity index (χ3n) is 5.24. The molecule has 3 nitrogen and oxygen atoms in total. The molecular weight excluding hydrogens is 429 g/mol. The zero-order chi connectivity index (χ0) is 21.5. The van der Waals surface area contributed by atoms with Gasteiger partial charge in [-0.3, -0.25) is 9.69 Å². The van der Waals surface area contributed by atoms with Crippen molar-refractivity contribution in [1.29, 1.82) is 0 Å². The molecule has 2 aromatic carbocycles. The van der Waals surface area contributed by atoms with Gasteiger partial charge in [-0.15, -0.1) is 0 Å². The second-order valence-electron chi connectivity index (χ2n) is 7.30. The standard InChI is InChI=1S/C22H19F3N2OS2/c1-14-11-17(26-9-2-3-10-26)8-7-15(14)12-19-20(28)27(21(29)30-19)18-6-4-5-16(13-18)22(23,24)25/h4-8,11-13H,2-3,9-10H2,1H3/b19-12-. The van der Waals surface area contributed by atoms with Crippen LogP contribution in [0.5, 0.6) is 0 Å². The summed E-state index contributed by atoms with van der Waals surface area (Å²) in [5.41, 5.74) is 2.40. The molecule has 2 heterocycles. The van der Waals surface area contributed by atoms with Gasteiger partial charge in [0.25, 0.3) is 5.91 Å². The SMILES string of the molecule is Cc1cc(N2CCCC2)ccc1/C=C1\SC(=S)N(c2cccc(C(F)(F)F)c2)C1=O. The second-order valence-corrected chi connectivity index (χ2v) is 8.98. The van der Waals surface area contributed by atoms with Crippen LogP contribution in [0.2, 0.25) is 0 Å². The number of amides is 1. The van der Waals surface area contributed by atoms with Gasteiger partial charge >= 0.3 is 6.18 Å². The van der Waals surface area contributed by atoms with Gasteiger partial charge in [0.05, 0.1) is 16.2 Å². The smallest absolute Gasteiger partial charge is 0.372 e. The fourth-order valence-electron chi connectivity index (χ4n) is 3.65. The van der Waals surface area contributed by atoms with Gasteiger partial charge in [-0.05, 0) is 67.3 Å². The molecule has 0 spiro atoms. The molecule has 2 saturated heterocycles. The summed E-state index contributed by atoms with van der Waals surface area (Å²) >= 11 is 6.40. The first-order valence-electron chi connectivity index (χ1n) is 9.55. The lowest BCUT2D eigenvalue weighted by Gasteiger charge is -2.18. The lowest BCUT2D eigenvalue weighted by molar-refractivity contribution is -0.137. The van der Waals surface area contributed by atoms with E-state index in [1.807, 2.05) is 19.1 Å². The normalized spacial score (nSPS) is 18.7. The number of aryl methyl sites for hydroxylation is 1. The number of anilines is 2. The van der Waals surface area contributed by atoms with Gasteiger partial charge in [0.15, 0.2) is 4.32 Å². The highest BCUT2D eigenvalue weighted by Gasteiger charge is 2.36. The Balaban J connectivity index is 1.61. The number of carbonyl (C=O) groups is 1. The van der Waals surface area contributed by atoms with E-state index >= 15 is 0 Å². The summed E-state index contributed by atoms with van der Waals surface area (Å²) in [5, 5.41) is 0. The third kappa shape index (κ3) is 4.11. The Bertz CT molecular complexity index is 1040. The summed E-state index contributed by atoms with van der Waals surface area (Å²) in [6.45, 7) is 4.09. The van der Waals surface area contributed by atoms with Crippen molar-refractivity contribution in [1.82, 2.24) is 0 Å². The predicted molar refractivity (Wildman–Crippen MR) is 120 cm³/mol. The molecule has 0 aromatic heterocycles. The van der Waals surface area contributed by atoms with Crippen molar-refractivity contribution < 1.29 is 18.0 Å². The van der Waals surface area contributed by atoms with E-state index in [9.17, 15) is 18.0 Å². The van der Waals surface area contributed by atoms with Crippen molar-refractivity contribution in [2.75, 3.05) is 22.9 Å². The maximum absolute atomic E-state index is 13.0. The van der Waals surface area contributed by atoms with Crippen LogP contribution in [0.15, 0.2) is 47.4 Å². The first kappa shape index (κ1) is 20.9. The van der Waals surface area contributed by atoms with E-state index < -0.39 is 17.6 Å². The molecule has 0 unspecified atom stereocenters. The van der Waals surface area contributed by atoms with Gasteiger partial charge in [0.2, 0.25) is 0 Å². The number of halogens is 3. The van der Waals surface area contributed by atoms with E-state index in [2.05, 4.69) is 11.0 Å². The van der Waals surface area contributed by atoms with Crippen LogP contribution in [0.4, 0.5) is 24.5 Å². The topological polar surface area (TPSA) is 23.6 Å². The van der Waals surface area contributed by atoms with Crippen molar-refractivity contribution >= 4 is 51.7 Å². The zero-order valence-electron chi connectivity index (χ0n) is 16.2. The Morgan fingerprint density at radius 1 is 1.07 bits per heavy atom. The Hall–Kier alpha value is -2.32. The van der Waals surface area contributed by atoms with E-state index in [-0.39, 0.29) is 10.0 Å². The Kier molecular flexibility index (Phi) is 5.63. The summed E-state index contributed by atoms with van der Waals surface area (Å²) in [4.78, 5) is 16.8. The van der Waals surface area contributed by atoms with Crippen LogP contribution < -0.4 is 9.80 Å². The summed E-state index contributed by atoms with van der Waals surface area (Å²) in [7, 11) is 0. The summed E-state index contributed by atoms with van der Waals surface area (Å²) in [5.74, 6) is -0.410. The number of benzene rings is 2. The van der Waals surface area contributed by atoms with Gasteiger partial charge in [0, 0.05) is 18.8 Å². The van der Waals surface area contributed by atoms with Gasteiger partial charge in [0.1, 0.15) is 0 Å². The van der Waals surface area contributed by atoms with Crippen molar-refractivity contribution in [2.24, 2.45) is 0 Å². The number of hydrogen-bond acceptors (Lipinski definition) is 4. The molecule has 0 aliphatic carbocycles. The molecule has 4 rings (SSSR count). The van der Waals surface area contributed by atoms with Gasteiger partial charge in [-0.25, -0.2) is 0 Å². The van der Waals surface area contributed by atoms with E-state index in [1.165, 1.54) is 30.7 Å². The number of thioether (sulfide) groups is 1. The maximum Gasteiger partial charge on any atom is 0.416 e. The van der Waals surface area contributed by atoms with Crippen LogP contribution >= 0.6 is 24.0 Å². The number of rotatable bonds is 3. The van der Waals surface area contributed by atoms with Crippen LogP contribution in [0, 0.1) is 6.92 Å². The van der Waals surface area contributed by atoms with E-state index in [1.54, 1.807) is 6.08 Å². The Morgan fingerprint density at radius 2 is 1.80 bits per heavy atom. The number of carbonyl (C=O) groups excluding carboxylic acids is 1. The van der Waals surface area contributed by atoms with Gasteiger partial charge in [-0.2, -0.15) is 13.2 Å². The third-order valence-corrected chi connectivity index (χ3v) is 6.54. The molecule has 30 heavy (non-hydrogen) atoms. The second kappa shape index (κ2) is 8.07. The number of nitrogens with zero attached hydrogens (tertiary/aromatic N) is 2. The number of thiocarbonyl (C=S) groups is 1. The quantitative estimate of drug-likeness (QED) is 0.423. The molecule has 0 N–H and O–H groups in total. The minimum Gasteiger partial charge on any atom is -0.372 e. The minimum absolute atomic E-state index is 0.122. The van der Waals surface area contributed by atoms with E-state index in [0.717, 1.165) is 53.0 Å². The average molecular weight is 449 g/mol. The molecule has 2 aromatic rings. The summed E-state index contributed by atoms with van der Waals surface area (Å²) in [6.07, 6.45) is -0.339. The van der Waals surface area contributed by atoms with Crippen molar-refractivity contribution in [3.8, 4) is 0 Å². The fourth-order valence-corrected chi connectivity index (χ4v) is 4.94. The highest BCUT2D eigenvalue weighted by atomic mass is 32.2. The Morgan fingerprint density at radius 3 is 2.47 bits per heavy atom. The molecule has 0 atom stereocenters. The van der Waals surface area contributed by atoms with E-state index in [4.69, 9.17) is 12.2 Å². The van der Waals surface area contributed by atoms with Crippen LogP contribution in [-0.4, -0.2) is 23.3 Å². The maximum atomic E-state index is 13.0. The highest BCUT2D eigenvalue weighted by Crippen LogP contribution is 2.39. The largest absolute Gasteiger partial charge is 0.416 e. The van der Waals surface area contributed by atoms with Gasteiger partial charge in [-0.1, -0.05) is 36.1 Å². The lowest BCUT2D eigenvalue weighted by Crippen LogP contribution is -2.27. The fraction of sp³-hybridized carbons (Fsp3) is 0.273. The molecule has 2 aliphatic rings. The van der Waals surface area contributed by atoms with E-state index in [0.29, 0.717) is 4.91 Å². The molecule has 2 fully saturated rings. The molecule has 8 heteroatoms.